The first kappa shape index (κ1) is 24.1. The molecule has 0 fully saturated rings. The van der Waals surface area contributed by atoms with Crippen molar-refractivity contribution in [1.82, 2.24) is 5.32 Å². The summed E-state index contributed by atoms with van der Waals surface area (Å²) in [5.41, 5.74) is 0. The molecule has 0 aliphatic rings. The van der Waals surface area contributed by atoms with Crippen LogP contribution in [0.1, 0.15) is 90.4 Å². The number of nitrogens with one attached hydrogen (secondary N) is 1. The summed E-state index contributed by atoms with van der Waals surface area (Å²) in [7, 11) is -4.13. The molecule has 147 valence electrons. The minimum atomic E-state index is -4.13. The lowest BCUT2D eigenvalue weighted by molar-refractivity contribution is -0.116. The van der Waals surface area contributed by atoms with Crippen molar-refractivity contribution in [1.29, 1.82) is 0 Å². The second-order valence-electron chi connectivity index (χ2n) is 6.66. The molecule has 0 saturated heterocycles. The predicted molar refractivity (Wildman–Crippen MR) is 104 cm³/mol. The van der Waals surface area contributed by atoms with Gasteiger partial charge in [0.1, 0.15) is 5.75 Å². The fourth-order valence-corrected chi connectivity index (χ4v) is 3.45. The van der Waals surface area contributed by atoms with E-state index in [4.69, 9.17) is 4.55 Å². The van der Waals surface area contributed by atoms with Gasteiger partial charge in [-0.15, -0.1) is 0 Å². The van der Waals surface area contributed by atoms with Crippen molar-refractivity contribution in [3.8, 4) is 0 Å². The molecule has 0 aromatic heterocycles. The van der Waals surface area contributed by atoms with Crippen LogP contribution in [0.5, 0.6) is 0 Å². The first-order valence-electron chi connectivity index (χ1n) is 9.62. The van der Waals surface area contributed by atoms with E-state index in [1.54, 1.807) is 0 Å². The molecule has 2 N–H and O–H groups in total. The molecule has 1 amide bonds. The Morgan fingerprint density at radius 1 is 0.920 bits per heavy atom. The molecule has 1 radical (unpaired) electrons. The Labute approximate surface area is 154 Å². The van der Waals surface area contributed by atoms with E-state index in [0.717, 1.165) is 25.3 Å². The lowest BCUT2D eigenvalue weighted by Gasteiger charge is -2.15. The second kappa shape index (κ2) is 15.4. The van der Waals surface area contributed by atoms with Crippen molar-refractivity contribution in [2.45, 2.75) is 90.4 Å². The predicted octanol–water partition coefficient (Wildman–Crippen LogP) is 4.80. The third-order valence-electron chi connectivity index (χ3n) is 4.17. The van der Waals surface area contributed by atoms with Crippen molar-refractivity contribution in [2.75, 3.05) is 5.75 Å². The van der Waals surface area contributed by atoms with Gasteiger partial charge in [-0.1, -0.05) is 90.6 Å². The minimum Gasteiger partial charge on any atom is -0.344 e. The topological polar surface area (TPSA) is 83.5 Å². The molecule has 0 rings (SSSR count). The van der Waals surface area contributed by atoms with Crippen LogP contribution in [0.25, 0.3) is 0 Å². The number of rotatable bonds is 17. The fraction of sp³-hybridized carbons (Fsp3) is 0.789. The second-order valence-corrected chi connectivity index (χ2v) is 8.11. The maximum Gasteiger partial charge on any atom is 0.267 e. The highest BCUT2D eigenvalue weighted by Gasteiger charge is 2.18. The molecule has 0 aliphatic heterocycles. The van der Waals surface area contributed by atoms with Crippen LogP contribution < -0.4 is 5.32 Å². The molecular formula is C19H36NO4S. The minimum absolute atomic E-state index is 0.333. The van der Waals surface area contributed by atoms with Crippen LogP contribution in [0.15, 0.2) is 12.7 Å². The van der Waals surface area contributed by atoms with Crippen molar-refractivity contribution >= 4 is 16.0 Å². The van der Waals surface area contributed by atoms with Crippen molar-refractivity contribution < 1.29 is 17.8 Å². The zero-order chi connectivity index (χ0) is 19.0. The van der Waals surface area contributed by atoms with Crippen molar-refractivity contribution in [3.63, 3.8) is 0 Å². The molecule has 0 atom stereocenters. The standard InChI is InChI=1S/C19H36NO4S/c1-3-5-6-7-8-9-10-11-12-13-14-15-16-18(17-25(22,23)24)20-19(21)4-2/h4H,2-3,5-17H2,1H3,(H,20,21)(H,22,23,24). The van der Waals surface area contributed by atoms with Gasteiger partial charge in [-0.05, 0) is 12.5 Å². The molecular weight excluding hydrogens is 338 g/mol. The molecule has 0 aromatic carbocycles. The van der Waals surface area contributed by atoms with Crippen LogP contribution in [-0.4, -0.2) is 24.6 Å². The van der Waals surface area contributed by atoms with Gasteiger partial charge in [-0.2, -0.15) is 8.42 Å². The smallest absolute Gasteiger partial charge is 0.267 e. The lowest BCUT2D eigenvalue weighted by Crippen LogP contribution is -2.31. The molecule has 0 aromatic rings. The summed E-state index contributed by atoms with van der Waals surface area (Å²) in [5.74, 6) is -0.970. The van der Waals surface area contributed by atoms with Crippen LogP contribution in [0.4, 0.5) is 0 Å². The highest BCUT2D eigenvalue weighted by Crippen LogP contribution is 2.15. The molecule has 0 spiro atoms. The van der Waals surface area contributed by atoms with Crippen LogP contribution in [0, 0.1) is 6.04 Å². The van der Waals surface area contributed by atoms with E-state index in [1.165, 1.54) is 57.8 Å². The number of carbonyl (C=O) groups is 1. The molecule has 0 bridgehead atoms. The Morgan fingerprint density at radius 3 is 1.76 bits per heavy atom. The Kier molecular flexibility index (Phi) is 14.8. The highest BCUT2D eigenvalue weighted by molar-refractivity contribution is 7.85. The quantitative estimate of drug-likeness (QED) is 0.218. The van der Waals surface area contributed by atoms with Crippen molar-refractivity contribution in [3.05, 3.63) is 18.7 Å². The first-order chi connectivity index (χ1) is 11.9. The van der Waals surface area contributed by atoms with Gasteiger partial charge >= 0.3 is 0 Å². The van der Waals surface area contributed by atoms with Crippen LogP contribution in [0.3, 0.4) is 0 Å². The van der Waals surface area contributed by atoms with Gasteiger partial charge in [0.05, 0.1) is 6.04 Å². The average Bonchev–Trinajstić information content (AvgIpc) is 2.54. The zero-order valence-electron chi connectivity index (χ0n) is 15.8. The summed E-state index contributed by atoms with van der Waals surface area (Å²) in [6.07, 6.45) is 16.2. The number of carbonyl (C=O) groups excluding carboxylic acids is 1. The summed E-state index contributed by atoms with van der Waals surface area (Å²) in [5, 5.41) is 2.48. The fourth-order valence-electron chi connectivity index (χ4n) is 2.80. The van der Waals surface area contributed by atoms with Crippen LogP contribution >= 0.6 is 0 Å². The van der Waals surface area contributed by atoms with Crippen LogP contribution in [-0.2, 0) is 14.9 Å². The summed E-state index contributed by atoms with van der Waals surface area (Å²) in [6, 6.07) is 0.333. The third-order valence-corrected chi connectivity index (χ3v) is 4.89. The van der Waals surface area contributed by atoms with Gasteiger partial charge in [0.15, 0.2) is 0 Å². The van der Waals surface area contributed by atoms with E-state index in [2.05, 4.69) is 18.8 Å². The van der Waals surface area contributed by atoms with Crippen molar-refractivity contribution in [2.24, 2.45) is 0 Å². The van der Waals surface area contributed by atoms with E-state index in [9.17, 15) is 13.2 Å². The van der Waals surface area contributed by atoms with Gasteiger partial charge in [0, 0.05) is 0 Å². The summed E-state index contributed by atoms with van der Waals surface area (Å²) in [6.45, 7) is 5.57. The largest absolute Gasteiger partial charge is 0.344 e. The number of unbranched alkanes of at least 4 members (excludes halogenated alkanes) is 11. The summed E-state index contributed by atoms with van der Waals surface area (Å²) in [4.78, 5) is 11.3. The Bertz CT molecular complexity index is 448. The van der Waals surface area contributed by atoms with Gasteiger partial charge in [0.25, 0.3) is 10.1 Å². The van der Waals surface area contributed by atoms with E-state index in [-0.39, 0.29) is 0 Å². The van der Waals surface area contributed by atoms with E-state index < -0.39 is 21.8 Å². The molecule has 0 unspecified atom stereocenters. The maximum absolute atomic E-state index is 11.3. The number of hydrogen-bond acceptors (Lipinski definition) is 3. The molecule has 25 heavy (non-hydrogen) atoms. The monoisotopic (exact) mass is 374 g/mol. The van der Waals surface area contributed by atoms with E-state index in [1.807, 2.05) is 0 Å². The molecule has 0 saturated carbocycles. The Morgan fingerprint density at radius 2 is 1.36 bits per heavy atom. The molecule has 6 heteroatoms. The molecule has 5 nitrogen and oxygen atoms in total. The highest BCUT2D eigenvalue weighted by atomic mass is 32.2. The van der Waals surface area contributed by atoms with Gasteiger partial charge in [-0.3, -0.25) is 9.35 Å². The summed E-state index contributed by atoms with van der Waals surface area (Å²) >= 11 is 0. The first-order valence-corrected chi connectivity index (χ1v) is 11.2. The maximum atomic E-state index is 11.3. The zero-order valence-corrected chi connectivity index (χ0v) is 16.6. The van der Waals surface area contributed by atoms with E-state index >= 15 is 0 Å². The van der Waals surface area contributed by atoms with Gasteiger partial charge in [0.2, 0.25) is 5.91 Å². The third kappa shape index (κ3) is 17.7. The molecule has 0 heterocycles. The number of hydrogen-bond donors (Lipinski definition) is 2. The SMILES string of the molecule is C=CC(=O)N[C](CCCCCCCCCCCCCC)CS(=O)(=O)O. The average molecular weight is 375 g/mol. The van der Waals surface area contributed by atoms with E-state index in [0.29, 0.717) is 12.5 Å². The molecule has 0 aliphatic carbocycles. The normalized spacial score (nSPS) is 11.6. The summed E-state index contributed by atoms with van der Waals surface area (Å²) < 4.78 is 30.9. The Hall–Kier alpha value is -0.880. The van der Waals surface area contributed by atoms with Gasteiger partial charge in [-0.25, -0.2) is 0 Å². The lowest BCUT2D eigenvalue weighted by atomic mass is 10.0. The number of amides is 1. The van der Waals surface area contributed by atoms with Crippen LogP contribution in [0.2, 0.25) is 0 Å². The van der Waals surface area contributed by atoms with Gasteiger partial charge < -0.3 is 5.32 Å². The Balaban J connectivity index is 3.67.